The highest BCUT2D eigenvalue weighted by Gasteiger charge is 2.00. The standard InChI is InChI=1S/C10H13NO2/c1-2-6-13-9-5-3-4-8(7-9)10(11)12/h3-5,7H,2,6H2,1H3,(H2,11,12). The Labute approximate surface area is 77.5 Å². The number of hydrogen-bond donors (Lipinski definition) is 1. The topological polar surface area (TPSA) is 52.3 Å². The molecule has 0 heterocycles. The molecule has 0 atom stereocenters. The summed E-state index contributed by atoms with van der Waals surface area (Å²) in [6.45, 7) is 2.68. The summed E-state index contributed by atoms with van der Waals surface area (Å²) in [5.74, 6) is 0.264. The fourth-order valence-electron chi connectivity index (χ4n) is 0.959. The predicted molar refractivity (Wildman–Crippen MR) is 50.7 cm³/mol. The second-order valence-electron chi connectivity index (χ2n) is 2.74. The fraction of sp³-hybridized carbons (Fsp3) is 0.300. The Morgan fingerprint density at radius 1 is 1.54 bits per heavy atom. The summed E-state index contributed by atoms with van der Waals surface area (Å²) in [4.78, 5) is 10.8. The Balaban J connectivity index is 2.73. The first-order chi connectivity index (χ1) is 6.24. The van der Waals surface area contributed by atoms with E-state index >= 15 is 0 Å². The molecular formula is C10H13NO2. The number of carbonyl (C=O) groups is 1. The van der Waals surface area contributed by atoms with Crippen LogP contribution >= 0.6 is 0 Å². The summed E-state index contributed by atoms with van der Waals surface area (Å²) < 4.78 is 5.34. The van der Waals surface area contributed by atoms with Gasteiger partial charge in [-0.05, 0) is 24.6 Å². The van der Waals surface area contributed by atoms with Crippen LogP contribution in [-0.4, -0.2) is 12.5 Å². The zero-order valence-corrected chi connectivity index (χ0v) is 7.62. The molecule has 0 fully saturated rings. The fourth-order valence-corrected chi connectivity index (χ4v) is 0.959. The molecule has 3 nitrogen and oxygen atoms in total. The van der Waals surface area contributed by atoms with E-state index < -0.39 is 5.91 Å². The van der Waals surface area contributed by atoms with Gasteiger partial charge in [-0.25, -0.2) is 0 Å². The van der Waals surface area contributed by atoms with Crippen LogP contribution in [0.1, 0.15) is 23.7 Å². The lowest BCUT2D eigenvalue weighted by Crippen LogP contribution is -2.10. The quantitative estimate of drug-likeness (QED) is 0.762. The highest BCUT2D eigenvalue weighted by Crippen LogP contribution is 2.12. The van der Waals surface area contributed by atoms with Crippen molar-refractivity contribution in [3.05, 3.63) is 29.8 Å². The molecule has 3 heteroatoms. The molecule has 0 saturated carbocycles. The average molecular weight is 179 g/mol. The van der Waals surface area contributed by atoms with Gasteiger partial charge in [-0.2, -0.15) is 0 Å². The van der Waals surface area contributed by atoms with Gasteiger partial charge in [-0.1, -0.05) is 13.0 Å². The van der Waals surface area contributed by atoms with Gasteiger partial charge < -0.3 is 10.5 Å². The number of primary amides is 1. The van der Waals surface area contributed by atoms with Crippen molar-refractivity contribution in [1.29, 1.82) is 0 Å². The van der Waals surface area contributed by atoms with Gasteiger partial charge in [0.1, 0.15) is 5.75 Å². The van der Waals surface area contributed by atoms with Crippen molar-refractivity contribution in [2.24, 2.45) is 5.73 Å². The Morgan fingerprint density at radius 2 is 2.31 bits per heavy atom. The van der Waals surface area contributed by atoms with Crippen LogP contribution in [0.25, 0.3) is 0 Å². The predicted octanol–water partition coefficient (Wildman–Crippen LogP) is 1.57. The molecule has 0 aliphatic rings. The van der Waals surface area contributed by atoms with Gasteiger partial charge in [0.2, 0.25) is 5.91 Å². The maximum absolute atomic E-state index is 10.8. The Bertz CT molecular complexity index is 297. The molecule has 2 N–H and O–H groups in total. The van der Waals surface area contributed by atoms with Gasteiger partial charge >= 0.3 is 0 Å². The van der Waals surface area contributed by atoms with Crippen LogP contribution in [-0.2, 0) is 0 Å². The smallest absolute Gasteiger partial charge is 0.248 e. The van der Waals surface area contributed by atoms with Crippen LogP contribution in [0.5, 0.6) is 5.75 Å². The minimum absolute atomic E-state index is 0.429. The van der Waals surface area contributed by atoms with Crippen LogP contribution in [0.15, 0.2) is 24.3 Å². The molecule has 1 amide bonds. The lowest BCUT2D eigenvalue weighted by atomic mass is 10.2. The highest BCUT2D eigenvalue weighted by atomic mass is 16.5. The molecule has 0 aromatic heterocycles. The summed E-state index contributed by atoms with van der Waals surface area (Å²) in [7, 11) is 0. The van der Waals surface area contributed by atoms with E-state index in [0.29, 0.717) is 17.9 Å². The molecule has 0 spiro atoms. The Hall–Kier alpha value is -1.51. The monoisotopic (exact) mass is 179 g/mol. The number of carbonyl (C=O) groups excluding carboxylic acids is 1. The number of amides is 1. The first-order valence-electron chi connectivity index (χ1n) is 4.26. The number of nitrogens with two attached hydrogens (primary N) is 1. The van der Waals surface area contributed by atoms with Crippen molar-refractivity contribution >= 4 is 5.91 Å². The molecule has 1 aromatic carbocycles. The molecule has 0 bridgehead atoms. The lowest BCUT2D eigenvalue weighted by Gasteiger charge is -2.04. The third-order valence-electron chi connectivity index (χ3n) is 1.59. The van der Waals surface area contributed by atoms with Gasteiger partial charge in [0.05, 0.1) is 6.61 Å². The average Bonchev–Trinajstić information content (AvgIpc) is 2.15. The first kappa shape index (κ1) is 9.58. The van der Waals surface area contributed by atoms with E-state index in [2.05, 4.69) is 0 Å². The highest BCUT2D eigenvalue weighted by molar-refractivity contribution is 5.93. The molecule has 0 saturated heterocycles. The second kappa shape index (κ2) is 4.50. The van der Waals surface area contributed by atoms with Gasteiger partial charge in [-0.15, -0.1) is 0 Å². The third-order valence-corrected chi connectivity index (χ3v) is 1.59. The Kier molecular flexibility index (Phi) is 3.31. The SMILES string of the molecule is CCCOc1cccc(C(N)=O)c1. The summed E-state index contributed by atoms with van der Waals surface area (Å²) in [6, 6.07) is 6.88. The zero-order valence-electron chi connectivity index (χ0n) is 7.62. The summed E-state index contributed by atoms with van der Waals surface area (Å²) >= 11 is 0. The molecule has 1 rings (SSSR count). The van der Waals surface area contributed by atoms with Crippen LogP contribution in [0.3, 0.4) is 0 Å². The van der Waals surface area contributed by atoms with Gasteiger partial charge in [-0.3, -0.25) is 4.79 Å². The van der Waals surface area contributed by atoms with Crippen molar-refractivity contribution in [3.63, 3.8) is 0 Å². The molecule has 13 heavy (non-hydrogen) atoms. The minimum Gasteiger partial charge on any atom is -0.494 e. The molecular weight excluding hydrogens is 166 g/mol. The van der Waals surface area contributed by atoms with Crippen LogP contribution in [0.2, 0.25) is 0 Å². The van der Waals surface area contributed by atoms with Gasteiger partial charge in [0, 0.05) is 5.56 Å². The van der Waals surface area contributed by atoms with Crippen molar-refractivity contribution in [1.82, 2.24) is 0 Å². The molecule has 0 aliphatic carbocycles. The van der Waals surface area contributed by atoms with E-state index in [1.54, 1.807) is 18.2 Å². The van der Waals surface area contributed by atoms with E-state index in [1.807, 2.05) is 13.0 Å². The van der Waals surface area contributed by atoms with Crippen LogP contribution in [0, 0.1) is 0 Å². The largest absolute Gasteiger partial charge is 0.494 e. The summed E-state index contributed by atoms with van der Waals surface area (Å²) in [5.41, 5.74) is 5.60. The first-order valence-corrected chi connectivity index (χ1v) is 4.26. The zero-order chi connectivity index (χ0) is 9.68. The van der Waals surface area contributed by atoms with Gasteiger partial charge in [0.25, 0.3) is 0 Å². The number of benzene rings is 1. The van der Waals surface area contributed by atoms with Gasteiger partial charge in [0.15, 0.2) is 0 Å². The van der Waals surface area contributed by atoms with Crippen molar-refractivity contribution in [3.8, 4) is 5.75 Å². The number of ether oxygens (including phenoxy) is 1. The molecule has 0 aliphatic heterocycles. The van der Waals surface area contributed by atoms with Crippen molar-refractivity contribution < 1.29 is 9.53 Å². The molecule has 70 valence electrons. The lowest BCUT2D eigenvalue weighted by molar-refractivity contribution is 0.1000. The third kappa shape index (κ3) is 2.78. The molecule has 1 aromatic rings. The minimum atomic E-state index is -0.429. The second-order valence-corrected chi connectivity index (χ2v) is 2.74. The van der Waals surface area contributed by atoms with E-state index in [0.717, 1.165) is 6.42 Å². The summed E-state index contributed by atoms with van der Waals surface area (Å²) in [6.07, 6.45) is 0.945. The van der Waals surface area contributed by atoms with E-state index in [-0.39, 0.29) is 0 Å². The molecule has 0 radical (unpaired) electrons. The molecule has 0 unspecified atom stereocenters. The van der Waals surface area contributed by atoms with Crippen LogP contribution in [0.4, 0.5) is 0 Å². The van der Waals surface area contributed by atoms with Crippen molar-refractivity contribution in [2.75, 3.05) is 6.61 Å². The Morgan fingerprint density at radius 3 is 2.92 bits per heavy atom. The maximum atomic E-state index is 10.8. The normalized spacial score (nSPS) is 9.62. The number of hydrogen-bond acceptors (Lipinski definition) is 2. The number of rotatable bonds is 4. The van der Waals surface area contributed by atoms with E-state index in [4.69, 9.17) is 10.5 Å². The van der Waals surface area contributed by atoms with E-state index in [9.17, 15) is 4.79 Å². The van der Waals surface area contributed by atoms with Crippen molar-refractivity contribution in [2.45, 2.75) is 13.3 Å². The summed E-state index contributed by atoms with van der Waals surface area (Å²) in [5, 5.41) is 0. The van der Waals surface area contributed by atoms with Crippen LogP contribution < -0.4 is 10.5 Å². The van der Waals surface area contributed by atoms with E-state index in [1.165, 1.54) is 0 Å². The maximum Gasteiger partial charge on any atom is 0.248 e.